The minimum absolute atomic E-state index is 0.348. The third-order valence-corrected chi connectivity index (χ3v) is 1.58. The molecule has 0 radical (unpaired) electrons. The highest BCUT2D eigenvalue weighted by Crippen LogP contribution is 1.93. The van der Waals surface area contributed by atoms with Crippen molar-refractivity contribution in [3.05, 3.63) is 24.9 Å². The van der Waals surface area contributed by atoms with Gasteiger partial charge in [0, 0.05) is 17.9 Å². The smallest absolute Gasteiger partial charge is 0.423 e. The van der Waals surface area contributed by atoms with Crippen LogP contribution in [0.25, 0.3) is 5.65 Å². The molecular formula is C6H6BN3O2. The first kappa shape index (κ1) is 7.26. The number of fused-ring (bicyclic) bond motifs is 1. The van der Waals surface area contributed by atoms with Crippen LogP contribution in [0.1, 0.15) is 0 Å². The van der Waals surface area contributed by atoms with Crippen LogP contribution in [0, 0.1) is 0 Å². The van der Waals surface area contributed by atoms with Gasteiger partial charge in [-0.05, 0) is 0 Å². The first-order chi connectivity index (χ1) is 5.77. The summed E-state index contributed by atoms with van der Waals surface area (Å²) in [4.78, 5) is 7.78. The number of aromatic nitrogens is 3. The molecule has 60 valence electrons. The van der Waals surface area contributed by atoms with Gasteiger partial charge in [0.1, 0.15) is 6.33 Å². The molecule has 0 aliphatic rings. The van der Waals surface area contributed by atoms with Gasteiger partial charge in [0.2, 0.25) is 0 Å². The SMILES string of the molecule is OB(O)c1cnc2cncn2c1. The van der Waals surface area contributed by atoms with E-state index in [-0.39, 0.29) is 0 Å². The molecular weight excluding hydrogens is 157 g/mol. The van der Waals surface area contributed by atoms with Crippen LogP contribution in [0.3, 0.4) is 0 Å². The Labute approximate surface area is 68.5 Å². The predicted octanol–water partition coefficient (Wildman–Crippen LogP) is -1.59. The zero-order valence-corrected chi connectivity index (χ0v) is 6.12. The van der Waals surface area contributed by atoms with E-state index in [1.807, 2.05) is 0 Å². The van der Waals surface area contributed by atoms with Crippen LogP contribution in [0.4, 0.5) is 0 Å². The average molecular weight is 163 g/mol. The number of imidazole rings is 1. The van der Waals surface area contributed by atoms with Gasteiger partial charge >= 0.3 is 7.12 Å². The summed E-state index contributed by atoms with van der Waals surface area (Å²) in [7, 11) is -1.48. The van der Waals surface area contributed by atoms with Gasteiger partial charge in [-0.1, -0.05) is 0 Å². The molecule has 0 bridgehead atoms. The molecule has 0 amide bonds. The normalized spacial score (nSPS) is 10.5. The van der Waals surface area contributed by atoms with E-state index in [0.29, 0.717) is 11.1 Å². The molecule has 2 aromatic heterocycles. The van der Waals surface area contributed by atoms with Crippen molar-refractivity contribution in [2.75, 3.05) is 0 Å². The Morgan fingerprint density at radius 1 is 1.33 bits per heavy atom. The van der Waals surface area contributed by atoms with Crippen molar-refractivity contribution >= 4 is 18.2 Å². The monoisotopic (exact) mass is 163 g/mol. The third-order valence-electron chi connectivity index (χ3n) is 1.58. The summed E-state index contributed by atoms with van der Waals surface area (Å²) < 4.78 is 1.62. The number of nitrogens with zero attached hydrogens (tertiary/aromatic N) is 3. The molecule has 12 heavy (non-hydrogen) atoms. The van der Waals surface area contributed by atoms with E-state index in [4.69, 9.17) is 10.0 Å². The van der Waals surface area contributed by atoms with Gasteiger partial charge in [-0.25, -0.2) is 9.97 Å². The van der Waals surface area contributed by atoms with E-state index < -0.39 is 7.12 Å². The Morgan fingerprint density at radius 3 is 2.92 bits per heavy atom. The first-order valence-electron chi connectivity index (χ1n) is 3.41. The van der Waals surface area contributed by atoms with Crippen molar-refractivity contribution in [1.29, 1.82) is 0 Å². The molecule has 0 saturated heterocycles. The molecule has 6 heteroatoms. The Hall–Kier alpha value is -1.40. The lowest BCUT2D eigenvalue weighted by Gasteiger charge is -1.98. The molecule has 2 N–H and O–H groups in total. The van der Waals surface area contributed by atoms with Crippen molar-refractivity contribution < 1.29 is 10.0 Å². The average Bonchev–Trinajstić information content (AvgIpc) is 2.49. The Bertz CT molecular complexity index is 400. The summed E-state index contributed by atoms with van der Waals surface area (Å²) in [5.74, 6) is 0. The molecule has 2 aromatic rings. The summed E-state index contributed by atoms with van der Waals surface area (Å²) in [5, 5.41) is 17.6. The predicted molar refractivity (Wildman–Crippen MR) is 42.8 cm³/mol. The molecule has 0 saturated carbocycles. The molecule has 2 rings (SSSR count). The highest BCUT2D eigenvalue weighted by Gasteiger charge is 2.11. The fourth-order valence-corrected chi connectivity index (χ4v) is 0.965. The summed E-state index contributed by atoms with van der Waals surface area (Å²) in [5.41, 5.74) is 1.03. The minimum atomic E-state index is -1.48. The highest BCUT2D eigenvalue weighted by molar-refractivity contribution is 6.58. The molecule has 5 nitrogen and oxygen atoms in total. The summed E-state index contributed by atoms with van der Waals surface area (Å²) in [6.45, 7) is 0. The fourth-order valence-electron chi connectivity index (χ4n) is 0.965. The van der Waals surface area contributed by atoms with E-state index >= 15 is 0 Å². The van der Waals surface area contributed by atoms with Crippen LogP contribution < -0.4 is 5.46 Å². The van der Waals surface area contributed by atoms with Crippen LogP contribution in [0.15, 0.2) is 24.9 Å². The Balaban J connectivity index is 2.60. The number of rotatable bonds is 1. The summed E-state index contributed by atoms with van der Waals surface area (Å²) in [6, 6.07) is 0. The largest absolute Gasteiger partial charge is 0.491 e. The van der Waals surface area contributed by atoms with Gasteiger partial charge in [-0.2, -0.15) is 0 Å². The van der Waals surface area contributed by atoms with E-state index in [1.54, 1.807) is 23.1 Å². The summed E-state index contributed by atoms with van der Waals surface area (Å²) in [6.07, 6.45) is 6.11. The Kier molecular flexibility index (Phi) is 1.56. The van der Waals surface area contributed by atoms with Gasteiger partial charge in [-0.3, -0.25) is 4.40 Å². The second-order valence-corrected chi connectivity index (χ2v) is 2.42. The molecule has 0 aliphatic carbocycles. The topological polar surface area (TPSA) is 70.7 Å². The molecule has 0 unspecified atom stereocenters. The van der Waals surface area contributed by atoms with Gasteiger partial charge in [0.15, 0.2) is 5.65 Å². The second-order valence-electron chi connectivity index (χ2n) is 2.42. The number of hydrogen-bond acceptors (Lipinski definition) is 4. The van der Waals surface area contributed by atoms with E-state index in [1.165, 1.54) is 6.20 Å². The van der Waals surface area contributed by atoms with Crippen LogP contribution in [-0.4, -0.2) is 31.5 Å². The quantitative estimate of drug-likeness (QED) is 0.497. The van der Waals surface area contributed by atoms with Crippen molar-refractivity contribution in [1.82, 2.24) is 14.4 Å². The van der Waals surface area contributed by atoms with Gasteiger partial charge in [0.25, 0.3) is 0 Å². The standard InChI is InChI=1S/C6H6BN3O2/c11-7(12)5-1-9-6-2-8-4-10(6)3-5/h1-4,11-12H. The van der Waals surface area contributed by atoms with E-state index in [0.717, 1.165) is 0 Å². The van der Waals surface area contributed by atoms with Crippen molar-refractivity contribution in [3.8, 4) is 0 Å². The maximum atomic E-state index is 8.80. The van der Waals surface area contributed by atoms with Crippen LogP contribution in [0.2, 0.25) is 0 Å². The highest BCUT2D eigenvalue weighted by atomic mass is 16.4. The van der Waals surface area contributed by atoms with Crippen LogP contribution in [0.5, 0.6) is 0 Å². The maximum Gasteiger partial charge on any atom is 0.491 e. The lowest BCUT2D eigenvalue weighted by Crippen LogP contribution is -2.30. The maximum absolute atomic E-state index is 8.80. The van der Waals surface area contributed by atoms with Gasteiger partial charge < -0.3 is 10.0 Å². The zero-order chi connectivity index (χ0) is 8.55. The Morgan fingerprint density at radius 2 is 2.17 bits per heavy atom. The third kappa shape index (κ3) is 1.07. The number of hydrogen-bond donors (Lipinski definition) is 2. The molecule has 0 aromatic carbocycles. The summed E-state index contributed by atoms with van der Waals surface area (Å²) >= 11 is 0. The minimum Gasteiger partial charge on any atom is -0.423 e. The molecule has 2 heterocycles. The van der Waals surface area contributed by atoms with Crippen LogP contribution in [-0.2, 0) is 0 Å². The van der Waals surface area contributed by atoms with E-state index in [9.17, 15) is 0 Å². The second kappa shape index (κ2) is 2.58. The van der Waals surface area contributed by atoms with Gasteiger partial charge in [-0.15, -0.1) is 0 Å². The molecule has 0 atom stereocenters. The molecule has 0 aliphatic heterocycles. The first-order valence-corrected chi connectivity index (χ1v) is 3.41. The zero-order valence-electron chi connectivity index (χ0n) is 6.12. The molecule has 0 fully saturated rings. The molecule has 0 spiro atoms. The van der Waals surface area contributed by atoms with Crippen molar-refractivity contribution in [2.24, 2.45) is 0 Å². The van der Waals surface area contributed by atoms with Gasteiger partial charge in [0.05, 0.1) is 6.20 Å². The van der Waals surface area contributed by atoms with E-state index in [2.05, 4.69) is 9.97 Å². The van der Waals surface area contributed by atoms with Crippen LogP contribution >= 0.6 is 0 Å². The van der Waals surface area contributed by atoms with Crippen molar-refractivity contribution in [3.63, 3.8) is 0 Å². The lowest BCUT2D eigenvalue weighted by atomic mass is 9.83. The van der Waals surface area contributed by atoms with Crippen molar-refractivity contribution in [2.45, 2.75) is 0 Å². The lowest BCUT2D eigenvalue weighted by molar-refractivity contribution is 0.425. The fraction of sp³-hybridized carbons (Fsp3) is 0.